The lowest BCUT2D eigenvalue weighted by atomic mass is 10.1. The Hall–Kier alpha value is -0.980. The molecule has 0 fully saturated rings. The van der Waals surface area contributed by atoms with Crippen LogP contribution in [0.4, 0.5) is 0 Å². The third-order valence-electron chi connectivity index (χ3n) is 1.74. The summed E-state index contributed by atoms with van der Waals surface area (Å²) in [6, 6.07) is 5.45. The summed E-state index contributed by atoms with van der Waals surface area (Å²) in [6.45, 7) is 0.0208. The predicted octanol–water partition coefficient (Wildman–Crippen LogP) is 1.93. The number of benzene rings is 1. The van der Waals surface area contributed by atoms with Gasteiger partial charge in [0, 0.05) is 0 Å². The molecule has 1 aromatic rings. The quantitative estimate of drug-likeness (QED) is 0.646. The smallest absolute Gasteiger partial charge is 0.134 e. The van der Waals surface area contributed by atoms with E-state index in [0.29, 0.717) is 5.33 Å². The van der Waals surface area contributed by atoms with Gasteiger partial charge < -0.3 is 9.84 Å². The lowest BCUT2D eigenvalue weighted by Crippen LogP contribution is -1.91. The van der Waals surface area contributed by atoms with Crippen LogP contribution in [-0.4, -0.2) is 17.5 Å². The standard InChI is InChI=1S/C11H11BrO2/c1-14-11-5-4-9(8-13)7-10(11)3-2-6-12/h4-5,7,13H,6,8H2,1H3. The molecule has 0 heterocycles. The van der Waals surface area contributed by atoms with Gasteiger partial charge in [0.25, 0.3) is 0 Å². The van der Waals surface area contributed by atoms with E-state index in [2.05, 4.69) is 27.8 Å². The van der Waals surface area contributed by atoms with Crippen molar-refractivity contribution in [2.24, 2.45) is 0 Å². The summed E-state index contributed by atoms with van der Waals surface area (Å²) < 4.78 is 5.14. The average Bonchev–Trinajstić information content (AvgIpc) is 2.25. The molecule has 3 heteroatoms. The topological polar surface area (TPSA) is 29.5 Å². The van der Waals surface area contributed by atoms with Crippen molar-refractivity contribution in [2.45, 2.75) is 6.61 Å². The van der Waals surface area contributed by atoms with Gasteiger partial charge in [-0.25, -0.2) is 0 Å². The van der Waals surface area contributed by atoms with Gasteiger partial charge in [0.2, 0.25) is 0 Å². The zero-order valence-corrected chi connectivity index (χ0v) is 9.47. The number of methoxy groups -OCH3 is 1. The fourth-order valence-corrected chi connectivity index (χ4v) is 1.22. The summed E-state index contributed by atoms with van der Waals surface area (Å²) in [4.78, 5) is 0. The van der Waals surface area contributed by atoms with E-state index < -0.39 is 0 Å². The molecule has 0 saturated carbocycles. The van der Waals surface area contributed by atoms with Gasteiger partial charge in [-0.1, -0.05) is 33.8 Å². The molecule has 0 unspecified atom stereocenters. The van der Waals surface area contributed by atoms with Crippen LogP contribution in [-0.2, 0) is 6.61 Å². The summed E-state index contributed by atoms with van der Waals surface area (Å²) in [6.07, 6.45) is 0. The molecule has 0 atom stereocenters. The van der Waals surface area contributed by atoms with E-state index in [4.69, 9.17) is 9.84 Å². The first-order valence-corrected chi connectivity index (χ1v) is 5.26. The highest BCUT2D eigenvalue weighted by Crippen LogP contribution is 2.18. The van der Waals surface area contributed by atoms with Crippen molar-refractivity contribution < 1.29 is 9.84 Å². The van der Waals surface area contributed by atoms with Crippen molar-refractivity contribution in [3.05, 3.63) is 29.3 Å². The molecule has 0 aliphatic heterocycles. The molecule has 0 aromatic heterocycles. The zero-order chi connectivity index (χ0) is 10.4. The van der Waals surface area contributed by atoms with Crippen molar-refractivity contribution in [2.75, 3.05) is 12.4 Å². The second-order valence-corrected chi connectivity index (χ2v) is 3.19. The maximum Gasteiger partial charge on any atom is 0.134 e. The molecule has 0 aliphatic rings. The Kier molecular flexibility index (Phi) is 4.51. The van der Waals surface area contributed by atoms with Crippen LogP contribution in [0.3, 0.4) is 0 Å². The molecule has 1 rings (SSSR count). The van der Waals surface area contributed by atoms with E-state index in [9.17, 15) is 0 Å². The molecule has 2 nitrogen and oxygen atoms in total. The highest BCUT2D eigenvalue weighted by Gasteiger charge is 2.00. The maximum atomic E-state index is 8.95. The Balaban J connectivity index is 3.08. The van der Waals surface area contributed by atoms with Crippen LogP contribution in [0.15, 0.2) is 18.2 Å². The summed E-state index contributed by atoms with van der Waals surface area (Å²) in [5, 5.41) is 9.58. The van der Waals surface area contributed by atoms with Crippen LogP contribution >= 0.6 is 15.9 Å². The van der Waals surface area contributed by atoms with Crippen LogP contribution in [0.2, 0.25) is 0 Å². The molecular formula is C11H11BrO2. The first-order valence-electron chi connectivity index (χ1n) is 4.14. The lowest BCUT2D eigenvalue weighted by molar-refractivity contribution is 0.281. The Morgan fingerprint density at radius 1 is 1.50 bits per heavy atom. The molecule has 0 bridgehead atoms. The third-order valence-corrected chi connectivity index (χ3v) is 2.02. The Bertz CT molecular complexity index is 363. The van der Waals surface area contributed by atoms with Crippen molar-refractivity contribution in [1.29, 1.82) is 0 Å². The SMILES string of the molecule is COc1ccc(CO)cc1C#CCBr. The second-order valence-electron chi connectivity index (χ2n) is 2.63. The minimum absolute atomic E-state index is 0.0208. The number of hydrogen-bond acceptors (Lipinski definition) is 2. The number of aliphatic hydroxyl groups is 1. The number of rotatable bonds is 2. The van der Waals surface area contributed by atoms with E-state index in [1.807, 2.05) is 18.2 Å². The Morgan fingerprint density at radius 3 is 2.86 bits per heavy atom. The molecule has 0 spiro atoms. The van der Waals surface area contributed by atoms with E-state index in [-0.39, 0.29) is 6.61 Å². The van der Waals surface area contributed by atoms with Crippen LogP contribution < -0.4 is 4.74 Å². The number of halogens is 1. The van der Waals surface area contributed by atoms with Gasteiger partial charge in [0.15, 0.2) is 0 Å². The first-order chi connectivity index (χ1) is 6.81. The Labute approximate surface area is 92.0 Å². The van der Waals surface area contributed by atoms with Crippen LogP contribution in [0.1, 0.15) is 11.1 Å². The molecule has 14 heavy (non-hydrogen) atoms. The predicted molar refractivity (Wildman–Crippen MR) is 59.6 cm³/mol. The van der Waals surface area contributed by atoms with Crippen molar-refractivity contribution in [3.63, 3.8) is 0 Å². The Morgan fingerprint density at radius 2 is 2.29 bits per heavy atom. The van der Waals surface area contributed by atoms with Gasteiger partial charge in [-0.2, -0.15) is 0 Å². The van der Waals surface area contributed by atoms with E-state index in [1.165, 1.54) is 0 Å². The lowest BCUT2D eigenvalue weighted by Gasteiger charge is -2.04. The number of ether oxygens (including phenoxy) is 1. The fourth-order valence-electron chi connectivity index (χ4n) is 1.08. The summed E-state index contributed by atoms with van der Waals surface area (Å²) in [5.74, 6) is 6.58. The van der Waals surface area contributed by atoms with Gasteiger partial charge in [-0.3, -0.25) is 0 Å². The van der Waals surface area contributed by atoms with Gasteiger partial charge in [-0.15, -0.1) is 0 Å². The second kappa shape index (κ2) is 5.69. The van der Waals surface area contributed by atoms with Crippen molar-refractivity contribution >= 4 is 15.9 Å². The summed E-state index contributed by atoms with van der Waals surface area (Å²) >= 11 is 3.23. The van der Waals surface area contributed by atoms with Crippen LogP contribution in [0.25, 0.3) is 0 Å². The first kappa shape index (κ1) is 11.1. The molecule has 0 amide bonds. The largest absolute Gasteiger partial charge is 0.495 e. The fraction of sp³-hybridized carbons (Fsp3) is 0.273. The number of alkyl halides is 1. The third kappa shape index (κ3) is 2.76. The number of hydrogen-bond donors (Lipinski definition) is 1. The highest BCUT2D eigenvalue weighted by molar-refractivity contribution is 9.09. The van der Waals surface area contributed by atoms with E-state index in [1.54, 1.807) is 7.11 Å². The summed E-state index contributed by atoms with van der Waals surface area (Å²) in [5.41, 5.74) is 1.64. The van der Waals surface area contributed by atoms with Crippen molar-refractivity contribution in [3.8, 4) is 17.6 Å². The normalized spacial score (nSPS) is 9.07. The zero-order valence-electron chi connectivity index (χ0n) is 7.88. The molecule has 1 N–H and O–H groups in total. The van der Waals surface area contributed by atoms with Crippen LogP contribution in [0, 0.1) is 11.8 Å². The molecule has 1 aromatic carbocycles. The highest BCUT2D eigenvalue weighted by atomic mass is 79.9. The van der Waals surface area contributed by atoms with Crippen molar-refractivity contribution in [1.82, 2.24) is 0 Å². The summed E-state index contributed by atoms with van der Waals surface area (Å²) in [7, 11) is 1.60. The van der Waals surface area contributed by atoms with Gasteiger partial charge in [0.05, 0.1) is 24.6 Å². The van der Waals surface area contributed by atoms with E-state index in [0.717, 1.165) is 16.9 Å². The monoisotopic (exact) mass is 254 g/mol. The molecule has 74 valence electrons. The van der Waals surface area contributed by atoms with E-state index >= 15 is 0 Å². The minimum Gasteiger partial charge on any atom is -0.495 e. The molecule has 0 radical (unpaired) electrons. The molecular weight excluding hydrogens is 244 g/mol. The van der Waals surface area contributed by atoms with Gasteiger partial charge in [-0.05, 0) is 17.7 Å². The molecule has 0 saturated heterocycles. The van der Waals surface area contributed by atoms with Gasteiger partial charge in [0.1, 0.15) is 5.75 Å². The number of aliphatic hydroxyl groups excluding tert-OH is 1. The van der Waals surface area contributed by atoms with Gasteiger partial charge >= 0.3 is 0 Å². The average molecular weight is 255 g/mol. The van der Waals surface area contributed by atoms with Crippen LogP contribution in [0.5, 0.6) is 5.75 Å². The maximum absolute atomic E-state index is 8.95. The minimum atomic E-state index is 0.0208. The molecule has 0 aliphatic carbocycles.